The van der Waals surface area contributed by atoms with Crippen molar-refractivity contribution >= 4 is 11.6 Å². The molecule has 0 bridgehead atoms. The van der Waals surface area contributed by atoms with Gasteiger partial charge in [-0.15, -0.1) is 0 Å². The van der Waals surface area contributed by atoms with Crippen LogP contribution in [0.25, 0.3) is 11.1 Å². The first-order valence-electron chi connectivity index (χ1n) is 5.85. The molecule has 2 N–H and O–H groups in total. The van der Waals surface area contributed by atoms with Gasteiger partial charge < -0.3 is 5.32 Å². The number of rotatable bonds is 3. The molecule has 0 aliphatic rings. The van der Waals surface area contributed by atoms with Crippen molar-refractivity contribution in [1.82, 2.24) is 25.4 Å². The Kier molecular flexibility index (Phi) is 3.15. The molecule has 0 radical (unpaired) electrons. The smallest absolute Gasteiger partial charge is 0.277 e. The number of carbonyl (C=O) groups is 1. The molecular weight excluding hydrogens is 256 g/mol. The van der Waals surface area contributed by atoms with Crippen molar-refractivity contribution in [3.8, 4) is 11.1 Å². The Morgan fingerprint density at radius 1 is 1.10 bits per heavy atom. The highest BCUT2D eigenvalue weighted by atomic mass is 16.2. The Hall–Kier alpha value is -3.09. The maximum Gasteiger partial charge on any atom is 0.277 e. The van der Waals surface area contributed by atoms with Gasteiger partial charge in [0.25, 0.3) is 5.91 Å². The summed E-state index contributed by atoms with van der Waals surface area (Å²) in [4.78, 5) is 19.8. The van der Waals surface area contributed by atoms with E-state index in [9.17, 15) is 4.79 Å². The average molecular weight is 266 g/mol. The maximum atomic E-state index is 11.9. The Morgan fingerprint density at radius 2 is 1.95 bits per heavy atom. The number of hydrogen-bond acceptors (Lipinski definition) is 5. The third-order valence-corrected chi connectivity index (χ3v) is 2.66. The summed E-state index contributed by atoms with van der Waals surface area (Å²) in [6.07, 6.45) is 6.26. The number of nitrogens with one attached hydrogen (secondary N) is 2. The van der Waals surface area contributed by atoms with Crippen LogP contribution in [0.4, 0.5) is 5.69 Å². The van der Waals surface area contributed by atoms with Crippen LogP contribution in [-0.4, -0.2) is 31.3 Å². The van der Waals surface area contributed by atoms with Crippen LogP contribution in [-0.2, 0) is 0 Å². The van der Waals surface area contributed by atoms with Gasteiger partial charge in [-0.05, 0) is 17.7 Å². The molecule has 1 aromatic carbocycles. The highest BCUT2D eigenvalue weighted by Gasteiger charge is 2.09. The second-order valence-electron chi connectivity index (χ2n) is 4.02. The zero-order valence-electron chi connectivity index (χ0n) is 10.3. The summed E-state index contributed by atoms with van der Waals surface area (Å²) in [6.45, 7) is 0. The van der Waals surface area contributed by atoms with Crippen molar-refractivity contribution in [2.45, 2.75) is 0 Å². The largest absolute Gasteiger partial charge is 0.321 e. The first-order chi connectivity index (χ1) is 9.83. The van der Waals surface area contributed by atoms with Crippen LogP contribution in [0.1, 0.15) is 10.5 Å². The van der Waals surface area contributed by atoms with Crippen LogP contribution in [0.3, 0.4) is 0 Å². The molecule has 0 saturated heterocycles. The van der Waals surface area contributed by atoms with Gasteiger partial charge in [-0.1, -0.05) is 12.1 Å². The van der Waals surface area contributed by atoms with Crippen LogP contribution >= 0.6 is 0 Å². The number of H-pyrrole nitrogens is 1. The number of amides is 1. The molecule has 2 aromatic heterocycles. The summed E-state index contributed by atoms with van der Waals surface area (Å²) < 4.78 is 0. The Labute approximate surface area is 114 Å². The van der Waals surface area contributed by atoms with Crippen molar-refractivity contribution in [2.75, 3.05) is 5.32 Å². The topological polar surface area (TPSA) is 96.5 Å². The quantitative estimate of drug-likeness (QED) is 0.749. The first kappa shape index (κ1) is 12.0. The summed E-state index contributed by atoms with van der Waals surface area (Å²) >= 11 is 0. The van der Waals surface area contributed by atoms with E-state index in [0.717, 1.165) is 11.1 Å². The second kappa shape index (κ2) is 5.27. The van der Waals surface area contributed by atoms with Crippen LogP contribution in [0.5, 0.6) is 0 Å². The Balaban J connectivity index is 1.83. The number of nitrogens with zero attached hydrogens (tertiary/aromatic N) is 4. The van der Waals surface area contributed by atoms with E-state index in [1.807, 2.05) is 18.2 Å². The third-order valence-electron chi connectivity index (χ3n) is 2.66. The molecule has 7 nitrogen and oxygen atoms in total. The van der Waals surface area contributed by atoms with E-state index in [0.29, 0.717) is 5.69 Å². The van der Waals surface area contributed by atoms with Gasteiger partial charge in [0.1, 0.15) is 6.33 Å². The molecule has 0 aliphatic carbocycles. The fourth-order valence-electron chi connectivity index (χ4n) is 1.73. The van der Waals surface area contributed by atoms with E-state index in [1.54, 1.807) is 18.5 Å². The van der Waals surface area contributed by atoms with Crippen LogP contribution in [0.2, 0.25) is 0 Å². The molecule has 1 amide bonds. The van der Waals surface area contributed by atoms with Gasteiger partial charge in [0, 0.05) is 23.6 Å². The zero-order chi connectivity index (χ0) is 13.8. The fourth-order valence-corrected chi connectivity index (χ4v) is 1.73. The predicted octanol–water partition coefficient (Wildman–Crippen LogP) is 1.51. The van der Waals surface area contributed by atoms with Gasteiger partial charge in [-0.2, -0.15) is 15.4 Å². The van der Waals surface area contributed by atoms with E-state index >= 15 is 0 Å². The molecule has 0 aliphatic heterocycles. The highest BCUT2D eigenvalue weighted by Crippen LogP contribution is 2.21. The summed E-state index contributed by atoms with van der Waals surface area (Å²) in [6, 6.07) is 7.41. The van der Waals surface area contributed by atoms with E-state index < -0.39 is 0 Å². The molecule has 7 heteroatoms. The van der Waals surface area contributed by atoms with Gasteiger partial charge in [0.2, 0.25) is 0 Å². The van der Waals surface area contributed by atoms with Crippen molar-refractivity contribution in [3.63, 3.8) is 0 Å². The molecule has 98 valence electrons. The summed E-state index contributed by atoms with van der Waals surface area (Å²) in [7, 11) is 0. The van der Waals surface area contributed by atoms with E-state index in [4.69, 9.17) is 0 Å². The monoisotopic (exact) mass is 266 g/mol. The predicted molar refractivity (Wildman–Crippen MR) is 71.8 cm³/mol. The van der Waals surface area contributed by atoms with Crippen molar-refractivity contribution in [2.24, 2.45) is 0 Å². The van der Waals surface area contributed by atoms with Crippen LogP contribution < -0.4 is 5.32 Å². The number of aromatic amines is 1. The lowest BCUT2D eigenvalue weighted by atomic mass is 10.1. The minimum atomic E-state index is -0.319. The molecule has 0 fully saturated rings. The molecule has 0 saturated carbocycles. The van der Waals surface area contributed by atoms with Gasteiger partial charge in [0.05, 0.1) is 6.20 Å². The van der Waals surface area contributed by atoms with E-state index in [2.05, 4.69) is 30.7 Å². The molecule has 2 heterocycles. The number of aromatic nitrogens is 5. The third kappa shape index (κ3) is 2.51. The number of benzene rings is 1. The molecule has 0 spiro atoms. The average Bonchev–Trinajstić information content (AvgIpc) is 3.03. The second-order valence-corrected chi connectivity index (χ2v) is 4.02. The van der Waals surface area contributed by atoms with E-state index in [1.165, 1.54) is 12.5 Å². The van der Waals surface area contributed by atoms with Crippen LogP contribution in [0, 0.1) is 0 Å². The molecule has 3 aromatic rings. The fraction of sp³-hybridized carbons (Fsp3) is 0. The standard InChI is InChI=1S/C13H10N6O/c20-13(12-7-16-19-18-12)17-11-3-1-2-9(4-11)10-5-14-8-15-6-10/h1-8H,(H,17,20)(H,16,18,19). The van der Waals surface area contributed by atoms with Crippen LogP contribution in [0.15, 0.2) is 49.2 Å². The van der Waals surface area contributed by atoms with Crippen molar-refractivity contribution in [3.05, 3.63) is 54.9 Å². The number of anilines is 1. The normalized spacial score (nSPS) is 10.2. The van der Waals surface area contributed by atoms with Gasteiger partial charge >= 0.3 is 0 Å². The number of hydrogen-bond donors (Lipinski definition) is 2. The van der Waals surface area contributed by atoms with Gasteiger partial charge in [-0.25, -0.2) is 9.97 Å². The zero-order valence-corrected chi connectivity index (χ0v) is 10.3. The van der Waals surface area contributed by atoms with Gasteiger partial charge in [0.15, 0.2) is 5.69 Å². The van der Waals surface area contributed by atoms with Gasteiger partial charge in [-0.3, -0.25) is 4.79 Å². The van der Waals surface area contributed by atoms with E-state index in [-0.39, 0.29) is 11.6 Å². The molecule has 3 rings (SSSR count). The minimum Gasteiger partial charge on any atom is -0.321 e. The lowest BCUT2D eigenvalue weighted by Gasteiger charge is -2.05. The molecule has 20 heavy (non-hydrogen) atoms. The molecular formula is C13H10N6O. The highest BCUT2D eigenvalue weighted by molar-refractivity contribution is 6.02. The SMILES string of the molecule is O=C(Nc1cccc(-c2cncnc2)c1)c1cn[nH]n1. The maximum absolute atomic E-state index is 11.9. The molecule has 0 atom stereocenters. The Bertz CT molecular complexity index is 711. The minimum absolute atomic E-state index is 0.235. The lowest BCUT2D eigenvalue weighted by Crippen LogP contribution is -2.12. The summed E-state index contributed by atoms with van der Waals surface area (Å²) in [5, 5.41) is 12.5. The summed E-state index contributed by atoms with van der Waals surface area (Å²) in [5.41, 5.74) is 2.70. The Morgan fingerprint density at radius 3 is 2.70 bits per heavy atom. The van der Waals surface area contributed by atoms with Crippen molar-refractivity contribution in [1.29, 1.82) is 0 Å². The lowest BCUT2D eigenvalue weighted by molar-refractivity contribution is 0.102. The summed E-state index contributed by atoms with van der Waals surface area (Å²) in [5.74, 6) is -0.319. The van der Waals surface area contributed by atoms with Crippen molar-refractivity contribution < 1.29 is 4.79 Å². The molecule has 0 unspecified atom stereocenters. The number of carbonyl (C=O) groups excluding carboxylic acids is 1. The first-order valence-corrected chi connectivity index (χ1v) is 5.85.